The molecule has 0 radical (unpaired) electrons. The minimum absolute atomic E-state index is 0.165. The number of ether oxygens (including phenoxy) is 1. The Hall–Kier alpha value is -1.65. The number of hydrogen-bond donors (Lipinski definition) is 2. The molecule has 1 aromatic carbocycles. The number of carbonyl (C=O) groups is 1. The number of benzene rings is 1. The molecular weight excluding hydrogens is 228 g/mol. The second-order valence-electron chi connectivity index (χ2n) is 4.05. The largest absolute Gasteiger partial charge is 0.380 e. The molecule has 98 valence electrons. The summed E-state index contributed by atoms with van der Waals surface area (Å²) >= 11 is 0. The van der Waals surface area contributed by atoms with Crippen LogP contribution < -0.4 is 11.1 Å². The lowest BCUT2D eigenvalue weighted by atomic mass is 10.1. The van der Waals surface area contributed by atoms with Gasteiger partial charge in [-0.05, 0) is 17.5 Å². The van der Waals surface area contributed by atoms with Crippen LogP contribution in [0.25, 0.3) is 0 Å². The highest BCUT2D eigenvalue weighted by Gasteiger charge is 2.11. The highest BCUT2D eigenvalue weighted by Crippen LogP contribution is 2.09. The third-order valence-corrected chi connectivity index (χ3v) is 2.63. The Morgan fingerprint density at radius 2 is 2.17 bits per heavy atom. The van der Waals surface area contributed by atoms with E-state index in [2.05, 4.69) is 11.9 Å². The third kappa shape index (κ3) is 4.31. The van der Waals surface area contributed by atoms with Crippen molar-refractivity contribution in [1.82, 2.24) is 5.32 Å². The van der Waals surface area contributed by atoms with E-state index in [0.717, 1.165) is 11.1 Å². The second-order valence-corrected chi connectivity index (χ2v) is 4.05. The first kappa shape index (κ1) is 14.4. The molecule has 0 saturated heterocycles. The van der Waals surface area contributed by atoms with Crippen molar-refractivity contribution in [3.05, 3.63) is 48.0 Å². The van der Waals surface area contributed by atoms with Gasteiger partial charge in [-0.3, -0.25) is 4.79 Å². The Balaban J connectivity index is 2.57. The molecule has 1 unspecified atom stereocenters. The van der Waals surface area contributed by atoms with E-state index in [1.54, 1.807) is 13.2 Å². The van der Waals surface area contributed by atoms with Gasteiger partial charge in [-0.2, -0.15) is 0 Å². The maximum atomic E-state index is 11.7. The molecule has 0 aliphatic heterocycles. The summed E-state index contributed by atoms with van der Waals surface area (Å²) in [7, 11) is 1.65. The maximum absolute atomic E-state index is 11.7. The number of hydrogen-bond acceptors (Lipinski definition) is 3. The summed E-state index contributed by atoms with van der Waals surface area (Å²) in [4.78, 5) is 11.7. The Morgan fingerprint density at radius 1 is 1.50 bits per heavy atom. The van der Waals surface area contributed by atoms with E-state index < -0.39 is 6.04 Å². The molecule has 0 fully saturated rings. The number of nitrogens with two attached hydrogens (primary N) is 1. The number of rotatable bonds is 7. The molecule has 18 heavy (non-hydrogen) atoms. The standard InChI is InChI=1S/C14H20N2O2/c1-3-6-13(15)14(17)16-9-11-7-4-5-8-12(11)10-18-2/h3-5,7-8,13H,1,6,9-10,15H2,2H3,(H,16,17). The van der Waals surface area contributed by atoms with Crippen LogP contribution in [0, 0.1) is 0 Å². The summed E-state index contributed by atoms with van der Waals surface area (Å²) in [5.41, 5.74) is 7.79. The summed E-state index contributed by atoms with van der Waals surface area (Å²) in [6, 6.07) is 7.30. The topological polar surface area (TPSA) is 64.4 Å². The lowest BCUT2D eigenvalue weighted by Gasteiger charge is -2.12. The predicted molar refractivity (Wildman–Crippen MR) is 71.8 cm³/mol. The minimum atomic E-state index is -0.530. The predicted octanol–water partition coefficient (Wildman–Crippen LogP) is 1.35. The average molecular weight is 248 g/mol. The number of amides is 1. The van der Waals surface area contributed by atoms with Gasteiger partial charge in [-0.25, -0.2) is 0 Å². The molecule has 0 aliphatic rings. The molecule has 4 nitrogen and oxygen atoms in total. The number of nitrogens with one attached hydrogen (secondary N) is 1. The van der Waals surface area contributed by atoms with Gasteiger partial charge in [-0.1, -0.05) is 30.3 Å². The molecule has 1 rings (SSSR count). The van der Waals surface area contributed by atoms with Gasteiger partial charge in [0.15, 0.2) is 0 Å². The van der Waals surface area contributed by atoms with E-state index in [0.29, 0.717) is 19.6 Å². The quantitative estimate of drug-likeness (QED) is 0.716. The van der Waals surface area contributed by atoms with Crippen LogP contribution in [0.4, 0.5) is 0 Å². The molecule has 1 amide bonds. The van der Waals surface area contributed by atoms with Gasteiger partial charge in [-0.15, -0.1) is 6.58 Å². The maximum Gasteiger partial charge on any atom is 0.237 e. The first-order valence-corrected chi connectivity index (χ1v) is 5.89. The van der Waals surface area contributed by atoms with Gasteiger partial charge in [0.25, 0.3) is 0 Å². The summed E-state index contributed by atoms with van der Waals surface area (Å²) in [6.07, 6.45) is 2.12. The summed E-state index contributed by atoms with van der Waals surface area (Å²) in [5.74, 6) is -0.165. The molecule has 1 aromatic rings. The van der Waals surface area contributed by atoms with E-state index in [9.17, 15) is 4.79 Å². The summed E-state index contributed by atoms with van der Waals surface area (Å²) < 4.78 is 5.11. The van der Waals surface area contributed by atoms with E-state index in [1.807, 2.05) is 24.3 Å². The van der Waals surface area contributed by atoms with Crippen LogP contribution in [-0.2, 0) is 22.7 Å². The van der Waals surface area contributed by atoms with Gasteiger partial charge in [0.2, 0.25) is 5.91 Å². The Kier molecular flexibility index (Phi) is 6.11. The fraction of sp³-hybridized carbons (Fsp3) is 0.357. The molecule has 0 saturated carbocycles. The van der Waals surface area contributed by atoms with Gasteiger partial charge in [0.1, 0.15) is 0 Å². The van der Waals surface area contributed by atoms with Crippen LogP contribution >= 0.6 is 0 Å². The van der Waals surface area contributed by atoms with Crippen LogP contribution in [0.1, 0.15) is 17.5 Å². The molecule has 0 aliphatic carbocycles. The third-order valence-electron chi connectivity index (χ3n) is 2.63. The van der Waals surface area contributed by atoms with Crippen LogP contribution in [-0.4, -0.2) is 19.1 Å². The van der Waals surface area contributed by atoms with Crippen LogP contribution in [0.3, 0.4) is 0 Å². The van der Waals surface area contributed by atoms with E-state index in [-0.39, 0.29) is 5.91 Å². The zero-order valence-corrected chi connectivity index (χ0v) is 10.7. The highest BCUT2D eigenvalue weighted by atomic mass is 16.5. The second kappa shape index (κ2) is 7.63. The first-order chi connectivity index (χ1) is 8.69. The van der Waals surface area contributed by atoms with Crippen LogP contribution in [0.2, 0.25) is 0 Å². The number of methoxy groups -OCH3 is 1. The fourth-order valence-electron chi connectivity index (χ4n) is 1.63. The lowest BCUT2D eigenvalue weighted by molar-refractivity contribution is -0.122. The van der Waals surface area contributed by atoms with E-state index >= 15 is 0 Å². The van der Waals surface area contributed by atoms with Crippen molar-refractivity contribution < 1.29 is 9.53 Å². The molecular formula is C14H20N2O2. The Bertz CT molecular complexity index is 405. The van der Waals surface area contributed by atoms with Gasteiger partial charge in [0.05, 0.1) is 12.6 Å². The lowest BCUT2D eigenvalue weighted by Crippen LogP contribution is -2.39. The average Bonchev–Trinajstić information content (AvgIpc) is 2.38. The highest BCUT2D eigenvalue weighted by molar-refractivity contribution is 5.81. The Labute approximate surface area is 108 Å². The van der Waals surface area contributed by atoms with E-state index in [4.69, 9.17) is 10.5 Å². The molecule has 3 N–H and O–H groups in total. The first-order valence-electron chi connectivity index (χ1n) is 5.89. The zero-order chi connectivity index (χ0) is 13.4. The van der Waals surface area contributed by atoms with Crippen LogP contribution in [0.5, 0.6) is 0 Å². The molecule has 0 heterocycles. The Morgan fingerprint density at radius 3 is 2.78 bits per heavy atom. The van der Waals surface area contributed by atoms with Crippen molar-refractivity contribution in [2.24, 2.45) is 5.73 Å². The van der Waals surface area contributed by atoms with Gasteiger partial charge >= 0.3 is 0 Å². The van der Waals surface area contributed by atoms with E-state index in [1.165, 1.54) is 0 Å². The van der Waals surface area contributed by atoms with Gasteiger partial charge < -0.3 is 15.8 Å². The van der Waals surface area contributed by atoms with Crippen molar-refractivity contribution in [2.45, 2.75) is 25.6 Å². The molecule has 1 atom stereocenters. The van der Waals surface area contributed by atoms with Crippen molar-refractivity contribution in [2.75, 3.05) is 7.11 Å². The summed E-state index contributed by atoms with van der Waals surface area (Å²) in [5, 5.41) is 2.82. The monoisotopic (exact) mass is 248 g/mol. The number of carbonyl (C=O) groups excluding carboxylic acids is 1. The molecule has 0 spiro atoms. The minimum Gasteiger partial charge on any atom is -0.380 e. The van der Waals surface area contributed by atoms with Crippen molar-refractivity contribution in [3.8, 4) is 0 Å². The molecule has 4 heteroatoms. The normalized spacial score (nSPS) is 11.9. The smallest absolute Gasteiger partial charge is 0.237 e. The van der Waals surface area contributed by atoms with Gasteiger partial charge in [0, 0.05) is 13.7 Å². The summed E-state index contributed by atoms with van der Waals surface area (Å²) in [6.45, 7) is 4.56. The fourth-order valence-corrected chi connectivity index (χ4v) is 1.63. The van der Waals surface area contributed by atoms with Crippen molar-refractivity contribution in [1.29, 1.82) is 0 Å². The van der Waals surface area contributed by atoms with Crippen molar-refractivity contribution >= 4 is 5.91 Å². The molecule has 0 aromatic heterocycles. The molecule has 0 bridgehead atoms. The SMILES string of the molecule is C=CCC(N)C(=O)NCc1ccccc1COC. The van der Waals surface area contributed by atoms with Crippen molar-refractivity contribution in [3.63, 3.8) is 0 Å². The van der Waals surface area contributed by atoms with Crippen LogP contribution in [0.15, 0.2) is 36.9 Å². The zero-order valence-electron chi connectivity index (χ0n) is 10.7.